The first-order valence-electron chi connectivity index (χ1n) is 14.8. The van der Waals surface area contributed by atoms with Gasteiger partial charge in [-0.15, -0.1) is 0 Å². The number of hydrogen-bond acceptors (Lipinski definition) is 11. The molecule has 244 valence electrons. The van der Waals surface area contributed by atoms with Crippen LogP contribution in [-0.4, -0.2) is 96.5 Å². The van der Waals surface area contributed by atoms with Crippen LogP contribution in [0.3, 0.4) is 0 Å². The summed E-state index contributed by atoms with van der Waals surface area (Å²) in [4.78, 5) is 0. The van der Waals surface area contributed by atoms with E-state index in [1.807, 2.05) is 48.5 Å². The van der Waals surface area contributed by atoms with Crippen LogP contribution in [-0.2, 0) is 20.8 Å². The predicted molar refractivity (Wildman–Crippen MR) is 165 cm³/mol. The standard InChI is InChI=1S/C33H40ClNO10/c1-18-28(37)23(35-16-19-7-9-20(10-8-19)21-11-13-22(34)14-12-21)15-27(42-18)44-32-30(39)29(38)26(17-36)43-33(32)45-31-24(40-2)5-4-6-25(31)41-3/h4-14,18,23,26-30,32-33,35-39H,15-17H2,1-3H3/t18-,23?,26?,27?,28?,29?,30?,32?,33?/m0/s1. The monoisotopic (exact) mass is 645 g/mol. The van der Waals surface area contributed by atoms with Crippen molar-refractivity contribution in [3.8, 4) is 28.4 Å². The molecule has 0 saturated carbocycles. The zero-order valence-electron chi connectivity index (χ0n) is 25.3. The highest BCUT2D eigenvalue weighted by Crippen LogP contribution is 2.40. The van der Waals surface area contributed by atoms with Crippen molar-refractivity contribution >= 4 is 11.6 Å². The molecule has 0 aliphatic carbocycles. The van der Waals surface area contributed by atoms with Crippen LogP contribution in [0.4, 0.5) is 0 Å². The first-order chi connectivity index (χ1) is 21.7. The van der Waals surface area contributed by atoms with Crippen molar-refractivity contribution in [2.45, 2.75) is 75.1 Å². The van der Waals surface area contributed by atoms with Crippen molar-refractivity contribution in [2.24, 2.45) is 0 Å². The highest BCUT2D eigenvalue weighted by Gasteiger charge is 2.49. The van der Waals surface area contributed by atoms with Crippen LogP contribution in [0.1, 0.15) is 18.9 Å². The van der Waals surface area contributed by atoms with Crippen LogP contribution in [0.5, 0.6) is 17.2 Å². The van der Waals surface area contributed by atoms with Crippen LogP contribution >= 0.6 is 11.6 Å². The second-order valence-corrected chi connectivity index (χ2v) is 11.5. The molecule has 2 fully saturated rings. The van der Waals surface area contributed by atoms with Crippen LogP contribution in [0.25, 0.3) is 11.1 Å². The molecular formula is C33H40ClNO10. The smallest absolute Gasteiger partial charge is 0.230 e. The van der Waals surface area contributed by atoms with Gasteiger partial charge in [0.25, 0.3) is 0 Å². The summed E-state index contributed by atoms with van der Waals surface area (Å²) in [7, 11) is 2.94. The Labute approximate surface area is 267 Å². The van der Waals surface area contributed by atoms with Crippen molar-refractivity contribution in [1.29, 1.82) is 0 Å². The molecule has 0 amide bonds. The average molecular weight is 646 g/mol. The van der Waals surface area contributed by atoms with E-state index in [0.717, 1.165) is 16.7 Å². The highest BCUT2D eigenvalue weighted by atomic mass is 35.5. The predicted octanol–water partition coefficient (Wildman–Crippen LogP) is 2.88. The Kier molecular flexibility index (Phi) is 11.2. The fourth-order valence-corrected chi connectivity index (χ4v) is 5.69. The molecule has 5 N–H and O–H groups in total. The largest absolute Gasteiger partial charge is 0.493 e. The molecule has 3 aromatic rings. The fourth-order valence-electron chi connectivity index (χ4n) is 5.57. The number of methoxy groups -OCH3 is 2. The van der Waals surface area contributed by atoms with E-state index < -0.39 is 61.9 Å². The number of halogens is 1. The third-order valence-corrected chi connectivity index (χ3v) is 8.41. The van der Waals surface area contributed by atoms with Crippen molar-refractivity contribution in [3.05, 3.63) is 77.3 Å². The van der Waals surface area contributed by atoms with Gasteiger partial charge in [0, 0.05) is 24.0 Å². The third-order valence-electron chi connectivity index (χ3n) is 8.16. The first kappa shape index (κ1) is 33.4. The summed E-state index contributed by atoms with van der Waals surface area (Å²) in [6, 6.07) is 20.4. The molecule has 2 heterocycles. The summed E-state index contributed by atoms with van der Waals surface area (Å²) in [6.45, 7) is 1.64. The lowest BCUT2D eigenvalue weighted by Crippen LogP contribution is -2.63. The van der Waals surface area contributed by atoms with Crippen molar-refractivity contribution in [1.82, 2.24) is 5.32 Å². The molecule has 11 nitrogen and oxygen atoms in total. The Balaban J connectivity index is 1.28. The number of para-hydroxylation sites is 1. The molecule has 0 bridgehead atoms. The van der Waals surface area contributed by atoms with Gasteiger partial charge in [0.05, 0.1) is 33.0 Å². The molecule has 45 heavy (non-hydrogen) atoms. The van der Waals surface area contributed by atoms with Crippen molar-refractivity contribution in [3.63, 3.8) is 0 Å². The number of aliphatic hydroxyl groups excluding tert-OH is 4. The summed E-state index contributed by atoms with van der Waals surface area (Å²) in [5.74, 6) is 0.874. The maximum absolute atomic E-state index is 11.1. The molecule has 0 spiro atoms. The number of hydrogen-bond donors (Lipinski definition) is 5. The summed E-state index contributed by atoms with van der Waals surface area (Å²) in [5.41, 5.74) is 3.14. The van der Waals surface area contributed by atoms with Gasteiger partial charge in [-0.05, 0) is 47.9 Å². The lowest BCUT2D eigenvalue weighted by Gasteiger charge is -2.45. The van der Waals surface area contributed by atoms with Crippen LogP contribution in [0.2, 0.25) is 5.02 Å². The quantitative estimate of drug-likeness (QED) is 0.210. The van der Waals surface area contributed by atoms with Crippen LogP contribution < -0.4 is 19.5 Å². The Morgan fingerprint density at radius 1 is 0.844 bits per heavy atom. The number of rotatable bonds is 11. The van der Waals surface area contributed by atoms with Crippen LogP contribution in [0.15, 0.2) is 66.7 Å². The van der Waals surface area contributed by atoms with E-state index in [9.17, 15) is 20.4 Å². The van der Waals surface area contributed by atoms with Gasteiger partial charge in [0.1, 0.15) is 18.3 Å². The molecule has 2 aliphatic heterocycles. The van der Waals surface area contributed by atoms with E-state index in [-0.39, 0.29) is 12.2 Å². The summed E-state index contributed by atoms with van der Waals surface area (Å²) >= 11 is 6.01. The van der Waals surface area contributed by atoms with Crippen molar-refractivity contribution < 1.29 is 48.8 Å². The minimum Gasteiger partial charge on any atom is -0.493 e. The van der Waals surface area contributed by atoms with E-state index in [4.69, 9.17) is 40.0 Å². The summed E-state index contributed by atoms with van der Waals surface area (Å²) in [5, 5.41) is 46.6. The minimum atomic E-state index is -1.50. The molecule has 8 unspecified atom stereocenters. The van der Waals surface area contributed by atoms with Gasteiger partial charge < -0.3 is 54.2 Å². The Morgan fingerprint density at radius 3 is 2.07 bits per heavy atom. The molecular weight excluding hydrogens is 606 g/mol. The fraction of sp³-hybridized carbons (Fsp3) is 0.455. The number of benzene rings is 3. The SMILES string of the molecule is COc1cccc(OC)c1OC1OC(CO)C(O)C(O)C1OC1CC(NCc2ccc(-c3ccc(Cl)cc3)cc2)C(O)[C@H](C)O1. The Bertz CT molecular complexity index is 1350. The molecule has 0 aromatic heterocycles. The van der Waals surface area contributed by atoms with Gasteiger partial charge >= 0.3 is 0 Å². The first-order valence-corrected chi connectivity index (χ1v) is 15.2. The number of ether oxygens (including phenoxy) is 6. The van der Waals surface area contributed by atoms with Gasteiger partial charge in [-0.1, -0.05) is 54.1 Å². The molecule has 5 rings (SSSR count). The zero-order valence-corrected chi connectivity index (χ0v) is 26.0. The van der Waals surface area contributed by atoms with Gasteiger partial charge in [0.2, 0.25) is 12.0 Å². The highest BCUT2D eigenvalue weighted by molar-refractivity contribution is 6.30. The minimum absolute atomic E-state index is 0.191. The molecule has 3 aromatic carbocycles. The van der Waals surface area contributed by atoms with Crippen LogP contribution in [0, 0.1) is 0 Å². The lowest BCUT2D eigenvalue weighted by molar-refractivity contribution is -0.330. The molecule has 2 aliphatic rings. The van der Waals surface area contributed by atoms with E-state index in [0.29, 0.717) is 23.1 Å². The number of aliphatic hydroxyl groups is 4. The topological polar surface area (TPSA) is 148 Å². The van der Waals surface area contributed by atoms with E-state index in [1.165, 1.54) is 14.2 Å². The second-order valence-electron chi connectivity index (χ2n) is 11.1. The molecule has 9 atom stereocenters. The molecule has 2 saturated heterocycles. The van der Waals surface area contributed by atoms with Crippen molar-refractivity contribution in [2.75, 3.05) is 20.8 Å². The average Bonchev–Trinajstić information content (AvgIpc) is 3.05. The van der Waals surface area contributed by atoms with E-state index >= 15 is 0 Å². The molecule has 0 radical (unpaired) electrons. The normalized spacial score (nSPS) is 30.1. The van der Waals surface area contributed by atoms with Gasteiger partial charge in [0.15, 0.2) is 23.9 Å². The van der Waals surface area contributed by atoms with Gasteiger partial charge in [-0.2, -0.15) is 0 Å². The van der Waals surface area contributed by atoms with E-state index in [1.54, 1.807) is 25.1 Å². The maximum atomic E-state index is 11.1. The Morgan fingerprint density at radius 2 is 1.47 bits per heavy atom. The maximum Gasteiger partial charge on any atom is 0.230 e. The lowest BCUT2D eigenvalue weighted by atomic mass is 9.97. The van der Waals surface area contributed by atoms with Gasteiger partial charge in [-0.25, -0.2) is 0 Å². The second kappa shape index (κ2) is 15.1. The van der Waals surface area contributed by atoms with E-state index in [2.05, 4.69) is 5.32 Å². The zero-order chi connectivity index (χ0) is 32.1. The summed E-state index contributed by atoms with van der Waals surface area (Å²) < 4.78 is 35.0. The Hall–Kier alpha value is -2.97. The number of nitrogens with one attached hydrogen (secondary N) is 1. The molecule has 12 heteroatoms. The van der Waals surface area contributed by atoms with Gasteiger partial charge in [-0.3, -0.25) is 0 Å². The summed E-state index contributed by atoms with van der Waals surface area (Å²) in [6.07, 6.45) is -8.76. The third kappa shape index (κ3) is 7.71.